The first kappa shape index (κ1) is 15.4. The molecule has 0 radical (unpaired) electrons. The second kappa shape index (κ2) is 5.76. The molecule has 2 aromatic rings. The first-order valence-electron chi connectivity index (χ1n) is 8.94. The highest BCUT2D eigenvalue weighted by Gasteiger charge is 2.53. The predicted molar refractivity (Wildman–Crippen MR) is 93.5 cm³/mol. The van der Waals surface area contributed by atoms with Gasteiger partial charge in [0, 0.05) is 30.9 Å². The van der Waals surface area contributed by atoms with Crippen LogP contribution in [0.25, 0.3) is 0 Å². The second-order valence-electron chi connectivity index (χ2n) is 7.74. The number of hydrogen-bond acceptors (Lipinski definition) is 2. The van der Waals surface area contributed by atoms with E-state index in [0.29, 0.717) is 5.91 Å². The van der Waals surface area contributed by atoms with Crippen molar-refractivity contribution < 1.29 is 4.79 Å². The molecule has 0 bridgehead atoms. The average molecular weight is 323 g/mol. The molecule has 24 heavy (non-hydrogen) atoms. The third-order valence-electron chi connectivity index (χ3n) is 5.79. The highest BCUT2D eigenvalue weighted by atomic mass is 16.2. The summed E-state index contributed by atoms with van der Waals surface area (Å²) < 4.78 is 1.91. The molecule has 1 amide bonds. The summed E-state index contributed by atoms with van der Waals surface area (Å²) in [4.78, 5) is 15.3. The van der Waals surface area contributed by atoms with Crippen LogP contribution in [-0.4, -0.2) is 33.7 Å². The van der Waals surface area contributed by atoms with Gasteiger partial charge in [0.05, 0.1) is 12.0 Å². The summed E-state index contributed by atoms with van der Waals surface area (Å²) in [6.07, 6.45) is 7.95. The number of rotatable bonds is 4. The van der Waals surface area contributed by atoms with Crippen molar-refractivity contribution in [2.45, 2.75) is 44.6 Å². The van der Waals surface area contributed by atoms with Crippen molar-refractivity contribution in [3.05, 3.63) is 54.4 Å². The fourth-order valence-corrected chi connectivity index (χ4v) is 4.12. The SMILES string of the molecule is C[C@]1(c2ccccc2)CCCN(C(=O)C2(Cn3cccn3)CC2)C1. The van der Waals surface area contributed by atoms with Crippen molar-refractivity contribution >= 4 is 5.91 Å². The highest BCUT2D eigenvalue weighted by molar-refractivity contribution is 5.85. The maximum Gasteiger partial charge on any atom is 0.230 e. The van der Waals surface area contributed by atoms with Gasteiger partial charge in [-0.15, -0.1) is 0 Å². The molecule has 1 aromatic heterocycles. The van der Waals surface area contributed by atoms with E-state index in [1.54, 1.807) is 6.20 Å². The van der Waals surface area contributed by atoms with E-state index in [-0.39, 0.29) is 10.8 Å². The Bertz CT molecular complexity index is 706. The molecule has 4 heteroatoms. The van der Waals surface area contributed by atoms with Crippen LogP contribution in [-0.2, 0) is 16.8 Å². The first-order valence-corrected chi connectivity index (χ1v) is 8.94. The lowest BCUT2D eigenvalue weighted by Gasteiger charge is -2.42. The summed E-state index contributed by atoms with van der Waals surface area (Å²) in [5.41, 5.74) is 1.21. The Kier molecular flexibility index (Phi) is 3.70. The molecule has 0 N–H and O–H groups in total. The lowest BCUT2D eigenvalue weighted by molar-refractivity contribution is -0.139. The smallest absolute Gasteiger partial charge is 0.230 e. The van der Waals surface area contributed by atoms with Gasteiger partial charge in [0.2, 0.25) is 5.91 Å². The summed E-state index contributed by atoms with van der Waals surface area (Å²) in [5.74, 6) is 0.333. The quantitative estimate of drug-likeness (QED) is 0.866. The Morgan fingerprint density at radius 1 is 1.17 bits per heavy atom. The lowest BCUT2D eigenvalue weighted by Crippen LogP contribution is -2.50. The Morgan fingerprint density at radius 3 is 2.62 bits per heavy atom. The lowest BCUT2D eigenvalue weighted by atomic mass is 9.75. The molecule has 0 unspecified atom stereocenters. The number of nitrogens with zero attached hydrogens (tertiary/aromatic N) is 3. The summed E-state index contributed by atoms with van der Waals surface area (Å²) in [7, 11) is 0. The van der Waals surface area contributed by atoms with Crippen molar-refractivity contribution in [1.29, 1.82) is 0 Å². The minimum absolute atomic E-state index is 0.0664. The number of aromatic nitrogens is 2. The topological polar surface area (TPSA) is 38.1 Å². The Morgan fingerprint density at radius 2 is 1.96 bits per heavy atom. The van der Waals surface area contributed by atoms with Crippen LogP contribution in [0.2, 0.25) is 0 Å². The van der Waals surface area contributed by atoms with Gasteiger partial charge < -0.3 is 4.90 Å². The van der Waals surface area contributed by atoms with Crippen molar-refractivity contribution in [3.63, 3.8) is 0 Å². The van der Waals surface area contributed by atoms with Gasteiger partial charge in [-0.3, -0.25) is 9.48 Å². The Labute approximate surface area is 143 Å². The predicted octanol–water partition coefficient (Wildman–Crippen LogP) is 3.24. The van der Waals surface area contributed by atoms with Crippen molar-refractivity contribution in [2.75, 3.05) is 13.1 Å². The maximum absolute atomic E-state index is 13.2. The minimum Gasteiger partial charge on any atom is -0.341 e. The first-order chi connectivity index (χ1) is 11.6. The third-order valence-corrected chi connectivity index (χ3v) is 5.79. The fraction of sp³-hybridized carbons (Fsp3) is 0.500. The van der Waals surface area contributed by atoms with Crippen LogP contribution >= 0.6 is 0 Å². The number of hydrogen-bond donors (Lipinski definition) is 0. The number of carbonyl (C=O) groups excluding carboxylic acids is 1. The van der Waals surface area contributed by atoms with Crippen LogP contribution < -0.4 is 0 Å². The number of benzene rings is 1. The maximum atomic E-state index is 13.2. The third kappa shape index (κ3) is 2.74. The normalized spacial score (nSPS) is 25.5. The summed E-state index contributed by atoms with van der Waals surface area (Å²) in [6, 6.07) is 12.6. The summed E-state index contributed by atoms with van der Waals surface area (Å²) in [6.45, 7) is 4.74. The molecule has 1 aliphatic heterocycles. The molecule has 126 valence electrons. The zero-order chi connectivity index (χ0) is 16.6. The zero-order valence-corrected chi connectivity index (χ0v) is 14.3. The molecule has 2 aliphatic rings. The minimum atomic E-state index is -0.207. The van der Waals surface area contributed by atoms with E-state index in [9.17, 15) is 4.79 Å². The molecule has 1 saturated heterocycles. The fourth-order valence-electron chi connectivity index (χ4n) is 4.12. The van der Waals surface area contributed by atoms with Gasteiger partial charge in [-0.2, -0.15) is 5.10 Å². The van der Waals surface area contributed by atoms with Gasteiger partial charge in [0.1, 0.15) is 0 Å². The van der Waals surface area contributed by atoms with E-state index < -0.39 is 0 Å². The number of piperidine rings is 1. The summed E-state index contributed by atoms with van der Waals surface area (Å²) in [5, 5.41) is 4.29. The van der Waals surface area contributed by atoms with Crippen molar-refractivity contribution in [3.8, 4) is 0 Å². The van der Waals surface area contributed by atoms with Crippen LogP contribution in [0, 0.1) is 5.41 Å². The molecule has 1 aliphatic carbocycles. The number of carbonyl (C=O) groups is 1. The summed E-state index contributed by atoms with van der Waals surface area (Å²) >= 11 is 0. The molecule has 1 aromatic carbocycles. The van der Waals surface area contributed by atoms with Crippen LogP contribution in [0.3, 0.4) is 0 Å². The van der Waals surface area contributed by atoms with Gasteiger partial charge in [0.15, 0.2) is 0 Å². The van der Waals surface area contributed by atoms with Gasteiger partial charge in [-0.25, -0.2) is 0 Å². The van der Waals surface area contributed by atoms with Gasteiger partial charge in [-0.1, -0.05) is 37.3 Å². The van der Waals surface area contributed by atoms with Gasteiger partial charge in [-0.05, 0) is 37.3 Å². The molecular formula is C20H25N3O. The van der Waals surface area contributed by atoms with Crippen molar-refractivity contribution in [2.24, 2.45) is 5.41 Å². The molecule has 1 saturated carbocycles. The van der Waals surface area contributed by atoms with Gasteiger partial charge >= 0.3 is 0 Å². The molecule has 4 rings (SSSR count). The average Bonchev–Trinajstić information content (AvgIpc) is 3.21. The molecule has 0 spiro atoms. The molecule has 2 fully saturated rings. The Balaban J connectivity index is 1.51. The van der Waals surface area contributed by atoms with E-state index in [0.717, 1.165) is 45.3 Å². The largest absolute Gasteiger partial charge is 0.341 e. The van der Waals surface area contributed by atoms with E-state index in [1.165, 1.54) is 5.56 Å². The van der Waals surface area contributed by atoms with E-state index in [1.807, 2.05) is 16.9 Å². The van der Waals surface area contributed by atoms with E-state index >= 15 is 0 Å². The van der Waals surface area contributed by atoms with Crippen molar-refractivity contribution in [1.82, 2.24) is 14.7 Å². The van der Waals surface area contributed by atoms with Crippen LogP contribution in [0.5, 0.6) is 0 Å². The number of likely N-dealkylation sites (tertiary alicyclic amines) is 1. The van der Waals surface area contributed by atoms with Crippen LogP contribution in [0.15, 0.2) is 48.8 Å². The molecule has 2 heterocycles. The molecule has 1 atom stereocenters. The zero-order valence-electron chi connectivity index (χ0n) is 14.3. The standard InChI is InChI=1S/C20H25N3O/c1-19(17-7-3-2-4-8-17)9-5-13-22(15-19)18(24)20(10-11-20)16-23-14-6-12-21-23/h2-4,6-8,12,14H,5,9-11,13,15-16H2,1H3/t19-/m0/s1. The van der Waals surface area contributed by atoms with Gasteiger partial charge in [0.25, 0.3) is 0 Å². The monoisotopic (exact) mass is 323 g/mol. The highest BCUT2D eigenvalue weighted by Crippen LogP contribution is 2.49. The number of amides is 1. The molecular weight excluding hydrogens is 298 g/mol. The van der Waals surface area contributed by atoms with Crippen LogP contribution in [0.4, 0.5) is 0 Å². The van der Waals surface area contributed by atoms with E-state index in [2.05, 4.69) is 47.3 Å². The van der Waals surface area contributed by atoms with E-state index in [4.69, 9.17) is 0 Å². The van der Waals surface area contributed by atoms with Crippen LogP contribution in [0.1, 0.15) is 38.2 Å². The molecule has 4 nitrogen and oxygen atoms in total. The second-order valence-corrected chi connectivity index (χ2v) is 7.74. The Hall–Kier alpha value is -2.10.